The number of hydrogen-bond donors (Lipinski definition) is 1. The molecular formula is C15H18Cl2N2O. The van der Waals surface area contributed by atoms with Crippen LogP contribution in [0.2, 0.25) is 10.0 Å². The molecule has 20 heavy (non-hydrogen) atoms. The van der Waals surface area contributed by atoms with Gasteiger partial charge < -0.3 is 5.11 Å². The third-order valence-electron chi connectivity index (χ3n) is 3.51. The summed E-state index contributed by atoms with van der Waals surface area (Å²) in [6.07, 6.45) is -0.220. The molecule has 1 unspecified atom stereocenters. The number of hydrogen-bond acceptors (Lipinski definition) is 2. The summed E-state index contributed by atoms with van der Waals surface area (Å²) in [7, 11) is 0. The Morgan fingerprint density at radius 3 is 2.65 bits per heavy atom. The van der Waals surface area contributed by atoms with Crippen LogP contribution in [-0.4, -0.2) is 14.9 Å². The van der Waals surface area contributed by atoms with E-state index in [0.717, 1.165) is 29.1 Å². The highest BCUT2D eigenvalue weighted by atomic mass is 35.5. The van der Waals surface area contributed by atoms with Crippen molar-refractivity contribution in [3.8, 4) is 0 Å². The first kappa shape index (κ1) is 15.4. The molecule has 0 amide bonds. The van der Waals surface area contributed by atoms with E-state index in [-0.39, 0.29) is 0 Å². The molecule has 1 aromatic heterocycles. The van der Waals surface area contributed by atoms with Crippen molar-refractivity contribution in [2.45, 2.75) is 39.8 Å². The molecule has 1 N–H and O–H groups in total. The van der Waals surface area contributed by atoms with Crippen molar-refractivity contribution in [3.05, 3.63) is 50.8 Å². The molecule has 108 valence electrons. The Morgan fingerprint density at radius 1 is 1.30 bits per heavy atom. The first-order valence-electron chi connectivity index (χ1n) is 6.60. The molecule has 1 atom stereocenters. The van der Waals surface area contributed by atoms with Crippen molar-refractivity contribution in [1.82, 2.24) is 9.78 Å². The maximum absolute atomic E-state index is 10.5. The van der Waals surface area contributed by atoms with E-state index in [9.17, 15) is 5.11 Å². The lowest BCUT2D eigenvalue weighted by Crippen LogP contribution is -2.10. The standard InChI is InChI=1S/C15H18Cl2N2O/c1-4-19-13(15(17)10(3)18-19)8-14(20)11-6-5-7-12(16)9(11)2/h5-7,14,20H,4,8H2,1-3H3. The average molecular weight is 313 g/mol. The lowest BCUT2D eigenvalue weighted by atomic mass is 10.00. The maximum atomic E-state index is 10.5. The fourth-order valence-corrected chi connectivity index (χ4v) is 2.74. The molecule has 1 heterocycles. The monoisotopic (exact) mass is 312 g/mol. The largest absolute Gasteiger partial charge is 0.388 e. The third kappa shape index (κ3) is 2.85. The predicted octanol–water partition coefficient (Wildman–Crippen LogP) is 4.10. The van der Waals surface area contributed by atoms with Gasteiger partial charge in [-0.05, 0) is 38.0 Å². The van der Waals surface area contributed by atoms with E-state index in [1.165, 1.54) is 0 Å². The molecule has 0 radical (unpaired) electrons. The number of benzene rings is 1. The molecule has 0 spiro atoms. The van der Waals surface area contributed by atoms with Crippen LogP contribution >= 0.6 is 23.2 Å². The van der Waals surface area contributed by atoms with E-state index in [0.29, 0.717) is 16.5 Å². The lowest BCUT2D eigenvalue weighted by molar-refractivity contribution is 0.174. The van der Waals surface area contributed by atoms with Crippen LogP contribution in [0.15, 0.2) is 18.2 Å². The fourth-order valence-electron chi connectivity index (χ4n) is 2.34. The SMILES string of the molecule is CCn1nc(C)c(Cl)c1CC(O)c1cccc(Cl)c1C. The number of aryl methyl sites for hydroxylation is 2. The van der Waals surface area contributed by atoms with Gasteiger partial charge in [-0.2, -0.15) is 5.10 Å². The van der Waals surface area contributed by atoms with Gasteiger partial charge in [-0.15, -0.1) is 0 Å². The summed E-state index contributed by atoms with van der Waals surface area (Å²) in [5, 5.41) is 16.1. The summed E-state index contributed by atoms with van der Waals surface area (Å²) in [6.45, 7) is 6.51. The first-order chi connectivity index (χ1) is 9.45. The number of aliphatic hydroxyl groups is 1. The molecular weight excluding hydrogens is 295 g/mol. The molecule has 0 aliphatic carbocycles. The van der Waals surface area contributed by atoms with Gasteiger partial charge in [0.15, 0.2) is 0 Å². The third-order valence-corrected chi connectivity index (χ3v) is 4.41. The summed E-state index contributed by atoms with van der Waals surface area (Å²) >= 11 is 12.4. The van der Waals surface area contributed by atoms with Gasteiger partial charge in [0.05, 0.1) is 22.5 Å². The molecule has 0 saturated carbocycles. The van der Waals surface area contributed by atoms with Gasteiger partial charge in [-0.3, -0.25) is 4.68 Å². The summed E-state index contributed by atoms with van der Waals surface area (Å²) in [4.78, 5) is 0. The van der Waals surface area contributed by atoms with Crippen LogP contribution in [0.25, 0.3) is 0 Å². The minimum absolute atomic E-state index is 0.425. The van der Waals surface area contributed by atoms with Crippen molar-refractivity contribution in [2.24, 2.45) is 0 Å². The van der Waals surface area contributed by atoms with Crippen LogP contribution in [0.4, 0.5) is 0 Å². The first-order valence-corrected chi connectivity index (χ1v) is 7.36. The Bertz CT molecular complexity index is 623. The van der Waals surface area contributed by atoms with Crippen molar-refractivity contribution in [2.75, 3.05) is 0 Å². The quantitative estimate of drug-likeness (QED) is 0.922. The summed E-state index contributed by atoms with van der Waals surface area (Å²) in [5.74, 6) is 0. The average Bonchev–Trinajstić information content (AvgIpc) is 2.69. The van der Waals surface area contributed by atoms with Crippen molar-refractivity contribution in [3.63, 3.8) is 0 Å². The van der Waals surface area contributed by atoms with Gasteiger partial charge in [0.1, 0.15) is 0 Å². The molecule has 0 bridgehead atoms. The van der Waals surface area contributed by atoms with Crippen LogP contribution in [0.5, 0.6) is 0 Å². The highest BCUT2D eigenvalue weighted by Gasteiger charge is 2.19. The molecule has 0 fully saturated rings. The van der Waals surface area contributed by atoms with E-state index >= 15 is 0 Å². The zero-order valence-electron chi connectivity index (χ0n) is 11.8. The highest BCUT2D eigenvalue weighted by Crippen LogP contribution is 2.29. The molecule has 3 nitrogen and oxygen atoms in total. The second kappa shape index (κ2) is 6.17. The number of aromatic nitrogens is 2. The minimum atomic E-state index is -0.646. The summed E-state index contributed by atoms with van der Waals surface area (Å²) < 4.78 is 1.83. The molecule has 5 heteroatoms. The second-order valence-electron chi connectivity index (χ2n) is 4.84. The Morgan fingerprint density at radius 2 is 2.00 bits per heavy atom. The van der Waals surface area contributed by atoms with E-state index in [1.54, 1.807) is 0 Å². The number of rotatable bonds is 4. The van der Waals surface area contributed by atoms with Crippen molar-refractivity contribution >= 4 is 23.2 Å². The van der Waals surface area contributed by atoms with Gasteiger partial charge >= 0.3 is 0 Å². The van der Waals surface area contributed by atoms with Gasteiger partial charge in [-0.25, -0.2) is 0 Å². The van der Waals surface area contributed by atoms with Gasteiger partial charge in [-0.1, -0.05) is 35.3 Å². The van der Waals surface area contributed by atoms with E-state index in [1.807, 2.05) is 43.7 Å². The predicted molar refractivity (Wildman–Crippen MR) is 82.5 cm³/mol. The van der Waals surface area contributed by atoms with Crippen LogP contribution in [0, 0.1) is 13.8 Å². The maximum Gasteiger partial charge on any atom is 0.0848 e. The van der Waals surface area contributed by atoms with Crippen molar-refractivity contribution < 1.29 is 5.11 Å². The van der Waals surface area contributed by atoms with Crippen LogP contribution < -0.4 is 0 Å². The van der Waals surface area contributed by atoms with E-state index < -0.39 is 6.10 Å². The molecule has 2 aromatic rings. The van der Waals surface area contributed by atoms with Gasteiger partial charge in [0.25, 0.3) is 0 Å². The van der Waals surface area contributed by atoms with Crippen LogP contribution in [-0.2, 0) is 13.0 Å². The second-order valence-corrected chi connectivity index (χ2v) is 5.62. The Hall–Kier alpha value is -1.03. The van der Waals surface area contributed by atoms with E-state index in [2.05, 4.69) is 5.10 Å². The number of halogens is 2. The summed E-state index contributed by atoms with van der Waals surface area (Å²) in [6, 6.07) is 5.55. The molecule has 0 aliphatic heterocycles. The van der Waals surface area contributed by atoms with Gasteiger partial charge in [0, 0.05) is 18.0 Å². The Labute approximate surface area is 129 Å². The summed E-state index contributed by atoms with van der Waals surface area (Å²) in [5.41, 5.74) is 3.38. The highest BCUT2D eigenvalue weighted by molar-refractivity contribution is 6.32. The topological polar surface area (TPSA) is 38.0 Å². The smallest absolute Gasteiger partial charge is 0.0848 e. The molecule has 2 rings (SSSR count). The molecule has 1 aromatic carbocycles. The number of nitrogens with zero attached hydrogens (tertiary/aromatic N) is 2. The Balaban J connectivity index is 2.32. The normalized spacial score (nSPS) is 12.7. The minimum Gasteiger partial charge on any atom is -0.388 e. The molecule has 0 saturated heterocycles. The fraction of sp³-hybridized carbons (Fsp3) is 0.400. The van der Waals surface area contributed by atoms with Crippen LogP contribution in [0.3, 0.4) is 0 Å². The van der Waals surface area contributed by atoms with E-state index in [4.69, 9.17) is 23.2 Å². The zero-order chi connectivity index (χ0) is 14.9. The Kier molecular flexibility index (Phi) is 4.74. The molecule has 0 aliphatic rings. The lowest BCUT2D eigenvalue weighted by Gasteiger charge is -2.15. The zero-order valence-corrected chi connectivity index (χ0v) is 13.3. The van der Waals surface area contributed by atoms with Crippen molar-refractivity contribution in [1.29, 1.82) is 0 Å². The van der Waals surface area contributed by atoms with Crippen LogP contribution in [0.1, 0.15) is 35.5 Å². The van der Waals surface area contributed by atoms with Gasteiger partial charge in [0.2, 0.25) is 0 Å². The number of aliphatic hydroxyl groups excluding tert-OH is 1.